The van der Waals surface area contributed by atoms with E-state index >= 15 is 0 Å². The Morgan fingerprint density at radius 1 is 0.909 bits per heavy atom. The first-order chi connectivity index (χ1) is 10.8. The van der Waals surface area contributed by atoms with Crippen LogP contribution in [-0.4, -0.2) is 37.3 Å². The number of aliphatic hydroxyl groups is 1. The third kappa shape index (κ3) is 17.2. The molecule has 4 heteroatoms. The van der Waals surface area contributed by atoms with Crippen LogP contribution in [0.2, 0.25) is 0 Å². The lowest BCUT2D eigenvalue weighted by Gasteiger charge is -2.07. The van der Waals surface area contributed by atoms with Gasteiger partial charge in [0.05, 0.1) is 0 Å². The molecule has 0 saturated heterocycles. The van der Waals surface area contributed by atoms with E-state index in [2.05, 4.69) is 16.7 Å². The molecule has 0 rings (SSSR count). The van der Waals surface area contributed by atoms with Gasteiger partial charge >= 0.3 is 0 Å². The number of hydrogen-bond acceptors (Lipinski definition) is 3. The minimum Gasteiger partial charge on any atom is -0.396 e. The summed E-state index contributed by atoms with van der Waals surface area (Å²) in [5.41, 5.74) is 0. The Kier molecular flexibility index (Phi) is 17.5. The number of nitrogens with one attached hydrogen (secondary N) is 2. The van der Waals surface area contributed by atoms with Crippen molar-refractivity contribution in [2.24, 2.45) is 0 Å². The van der Waals surface area contributed by atoms with Crippen molar-refractivity contribution in [2.45, 2.75) is 71.1 Å². The summed E-state index contributed by atoms with van der Waals surface area (Å²) in [5, 5.41) is 15.0. The Morgan fingerprint density at radius 2 is 1.59 bits per heavy atom. The van der Waals surface area contributed by atoms with Crippen molar-refractivity contribution in [2.75, 3.05) is 26.2 Å². The van der Waals surface area contributed by atoms with Gasteiger partial charge in [-0.2, -0.15) is 0 Å². The predicted molar refractivity (Wildman–Crippen MR) is 93.9 cm³/mol. The van der Waals surface area contributed by atoms with Gasteiger partial charge in [0.15, 0.2) is 0 Å². The highest BCUT2D eigenvalue weighted by molar-refractivity contribution is 5.75. The maximum absolute atomic E-state index is 11.5. The second-order valence-electron chi connectivity index (χ2n) is 5.76. The fourth-order valence-electron chi connectivity index (χ4n) is 2.30. The number of unbranched alkanes of at least 4 members (excludes halogenated alkanes) is 7. The molecule has 0 aromatic heterocycles. The summed E-state index contributed by atoms with van der Waals surface area (Å²) in [7, 11) is 0. The van der Waals surface area contributed by atoms with Gasteiger partial charge in [-0.05, 0) is 39.2 Å². The quantitative estimate of drug-likeness (QED) is 0.303. The van der Waals surface area contributed by atoms with E-state index < -0.39 is 0 Å². The van der Waals surface area contributed by atoms with Gasteiger partial charge in [0.25, 0.3) is 0 Å². The SMILES string of the molecule is C/C=C/CCCC(=O)NCCNCCCCCCCCCO. The van der Waals surface area contributed by atoms with E-state index in [1.807, 2.05) is 13.0 Å². The zero-order chi connectivity index (χ0) is 16.3. The molecular formula is C18H36N2O2. The van der Waals surface area contributed by atoms with Gasteiger partial charge in [0, 0.05) is 26.1 Å². The molecule has 0 radical (unpaired) electrons. The summed E-state index contributed by atoms with van der Waals surface area (Å²) in [6.07, 6.45) is 15.1. The molecule has 0 aliphatic carbocycles. The molecule has 0 aliphatic heterocycles. The molecule has 0 bridgehead atoms. The standard InChI is InChI=1S/C18H36N2O2/c1-2-3-4-10-13-18(22)20-16-15-19-14-11-8-6-5-7-9-12-17-21/h2-3,19,21H,4-17H2,1H3,(H,20,22)/b3-2+. The molecule has 0 aromatic carbocycles. The van der Waals surface area contributed by atoms with Crippen LogP contribution in [0.3, 0.4) is 0 Å². The number of amides is 1. The molecule has 1 amide bonds. The van der Waals surface area contributed by atoms with Crippen molar-refractivity contribution in [1.82, 2.24) is 10.6 Å². The number of allylic oxidation sites excluding steroid dienone is 2. The topological polar surface area (TPSA) is 61.4 Å². The van der Waals surface area contributed by atoms with Gasteiger partial charge in [-0.1, -0.05) is 44.3 Å². The summed E-state index contributed by atoms with van der Waals surface area (Å²) < 4.78 is 0. The molecule has 4 nitrogen and oxygen atoms in total. The molecule has 3 N–H and O–H groups in total. The first-order valence-corrected chi connectivity index (χ1v) is 9.00. The Morgan fingerprint density at radius 3 is 2.27 bits per heavy atom. The van der Waals surface area contributed by atoms with Crippen LogP contribution in [0, 0.1) is 0 Å². The highest BCUT2D eigenvalue weighted by Gasteiger charge is 1.98. The highest BCUT2D eigenvalue weighted by atomic mass is 16.2. The van der Waals surface area contributed by atoms with Crippen molar-refractivity contribution in [3.63, 3.8) is 0 Å². The Bertz CT molecular complexity index is 268. The van der Waals surface area contributed by atoms with E-state index in [0.717, 1.165) is 45.3 Å². The molecule has 130 valence electrons. The maximum Gasteiger partial charge on any atom is 0.220 e. The lowest BCUT2D eigenvalue weighted by molar-refractivity contribution is -0.121. The molecular weight excluding hydrogens is 276 g/mol. The fourth-order valence-corrected chi connectivity index (χ4v) is 2.30. The summed E-state index contributed by atoms with van der Waals surface area (Å²) in [6, 6.07) is 0. The number of rotatable bonds is 16. The Hall–Kier alpha value is -0.870. The van der Waals surface area contributed by atoms with Crippen LogP contribution < -0.4 is 10.6 Å². The van der Waals surface area contributed by atoms with Gasteiger partial charge in [-0.15, -0.1) is 0 Å². The molecule has 0 saturated carbocycles. The van der Waals surface area contributed by atoms with E-state index in [1.165, 1.54) is 32.1 Å². The van der Waals surface area contributed by atoms with E-state index in [4.69, 9.17) is 5.11 Å². The largest absolute Gasteiger partial charge is 0.396 e. The van der Waals surface area contributed by atoms with Crippen LogP contribution in [0.5, 0.6) is 0 Å². The molecule has 0 fully saturated rings. The van der Waals surface area contributed by atoms with E-state index in [1.54, 1.807) is 0 Å². The van der Waals surface area contributed by atoms with Crippen LogP contribution in [0.1, 0.15) is 71.1 Å². The maximum atomic E-state index is 11.5. The van der Waals surface area contributed by atoms with Gasteiger partial charge in [-0.25, -0.2) is 0 Å². The number of carbonyl (C=O) groups excluding carboxylic acids is 1. The van der Waals surface area contributed by atoms with Crippen LogP contribution >= 0.6 is 0 Å². The van der Waals surface area contributed by atoms with Crippen LogP contribution in [-0.2, 0) is 4.79 Å². The second kappa shape index (κ2) is 18.2. The Labute approximate surface area is 136 Å². The number of carbonyl (C=O) groups is 1. The van der Waals surface area contributed by atoms with Crippen molar-refractivity contribution in [1.29, 1.82) is 0 Å². The number of hydrogen-bond donors (Lipinski definition) is 3. The molecule has 0 aromatic rings. The molecule has 0 atom stereocenters. The predicted octanol–water partition coefficient (Wildman–Crippen LogP) is 3.16. The van der Waals surface area contributed by atoms with E-state index in [0.29, 0.717) is 13.0 Å². The monoisotopic (exact) mass is 312 g/mol. The summed E-state index contributed by atoms with van der Waals surface area (Å²) in [5.74, 6) is 0.161. The lowest BCUT2D eigenvalue weighted by Crippen LogP contribution is -2.32. The molecule has 0 heterocycles. The molecule has 0 spiro atoms. The minimum absolute atomic E-state index is 0.161. The third-order valence-electron chi connectivity index (χ3n) is 3.65. The fraction of sp³-hybridized carbons (Fsp3) is 0.833. The molecule has 0 unspecified atom stereocenters. The van der Waals surface area contributed by atoms with E-state index in [-0.39, 0.29) is 5.91 Å². The van der Waals surface area contributed by atoms with E-state index in [9.17, 15) is 4.79 Å². The summed E-state index contributed by atoms with van der Waals surface area (Å²) in [6.45, 7) is 4.95. The first kappa shape index (κ1) is 21.1. The van der Waals surface area contributed by atoms with Crippen LogP contribution in [0.15, 0.2) is 12.2 Å². The smallest absolute Gasteiger partial charge is 0.220 e. The normalized spacial score (nSPS) is 11.2. The average Bonchev–Trinajstić information content (AvgIpc) is 2.52. The zero-order valence-corrected chi connectivity index (χ0v) is 14.4. The second-order valence-corrected chi connectivity index (χ2v) is 5.76. The molecule has 22 heavy (non-hydrogen) atoms. The highest BCUT2D eigenvalue weighted by Crippen LogP contribution is 2.06. The zero-order valence-electron chi connectivity index (χ0n) is 14.4. The van der Waals surface area contributed by atoms with Gasteiger partial charge in [-0.3, -0.25) is 4.79 Å². The van der Waals surface area contributed by atoms with Crippen molar-refractivity contribution < 1.29 is 9.90 Å². The summed E-state index contributed by atoms with van der Waals surface area (Å²) in [4.78, 5) is 11.5. The van der Waals surface area contributed by atoms with Gasteiger partial charge in [0.2, 0.25) is 5.91 Å². The van der Waals surface area contributed by atoms with Gasteiger partial charge in [0.1, 0.15) is 0 Å². The summed E-state index contributed by atoms with van der Waals surface area (Å²) >= 11 is 0. The van der Waals surface area contributed by atoms with Crippen molar-refractivity contribution in [3.8, 4) is 0 Å². The van der Waals surface area contributed by atoms with Gasteiger partial charge < -0.3 is 15.7 Å². The van der Waals surface area contributed by atoms with Crippen LogP contribution in [0.25, 0.3) is 0 Å². The average molecular weight is 312 g/mol. The Balaban J connectivity index is 3.11. The van der Waals surface area contributed by atoms with Crippen LogP contribution in [0.4, 0.5) is 0 Å². The lowest BCUT2D eigenvalue weighted by atomic mass is 10.1. The third-order valence-corrected chi connectivity index (χ3v) is 3.65. The minimum atomic E-state index is 0.161. The number of aliphatic hydroxyl groups excluding tert-OH is 1. The first-order valence-electron chi connectivity index (χ1n) is 9.00. The molecule has 0 aliphatic rings. The van der Waals surface area contributed by atoms with Crippen molar-refractivity contribution >= 4 is 5.91 Å². The van der Waals surface area contributed by atoms with Crippen molar-refractivity contribution in [3.05, 3.63) is 12.2 Å².